The number of rotatable bonds is 7. The summed E-state index contributed by atoms with van der Waals surface area (Å²) in [5.74, 6) is -8.85. The summed E-state index contributed by atoms with van der Waals surface area (Å²) in [5, 5.41) is 114. The van der Waals surface area contributed by atoms with Crippen LogP contribution < -0.4 is 4.90 Å². The Bertz CT molecular complexity index is 4480. The molecule has 2 aliphatic rings. The molecule has 13 rings (SSSR count). The van der Waals surface area contributed by atoms with Gasteiger partial charge in [-0.2, -0.15) is 0 Å². The molecule has 10 aromatic carbocycles. The van der Waals surface area contributed by atoms with E-state index in [9.17, 15) is 51.1 Å². The quantitative estimate of drug-likeness (QED) is 0.0410. The summed E-state index contributed by atoms with van der Waals surface area (Å²) in [5.41, 5.74) is 8.33. The lowest BCUT2D eigenvalue weighted by molar-refractivity contribution is 0.327. The predicted molar refractivity (Wildman–Crippen MR) is 320 cm³/mol. The van der Waals surface area contributed by atoms with E-state index in [0.717, 1.165) is 76.8 Å². The maximum absolute atomic E-state index is 11.1. The van der Waals surface area contributed by atoms with Gasteiger partial charge in [-0.1, -0.05) is 164 Å². The standard InChI is InChI=1S/C60H43NO11.C9H10/c1-29(31-10-4-3-5-11-31)59-30(2)36-18-16-33(25-46(36)72-59)41-26-42-39-14-8-6-12-37(39)38-13-7-9-15-40(38)43(42)27-45(41)61-44-19-17-34(48-51(64)55(68)58(71)56(69)52(48)65)24-35(44)28-60(61)22-20-32(21-23-60)47-49(62)53(66)57(70)54(67)50(47)63;1-8(2)9-6-4-3-5-7-9/h3-22,24-27,62-71H,1,23,28H2,2H3;3-7H,1H2,2H3. The van der Waals surface area contributed by atoms with Crippen LogP contribution in [0.15, 0.2) is 194 Å². The van der Waals surface area contributed by atoms with E-state index < -0.39 is 63.0 Å². The second kappa shape index (κ2) is 19.3. The highest BCUT2D eigenvalue weighted by Gasteiger charge is 2.45. The second-order valence-electron chi connectivity index (χ2n) is 20.7. The minimum atomic E-state index is -1.08. The molecule has 11 aromatic rings. The average molecular weight is 1070 g/mol. The van der Waals surface area contributed by atoms with E-state index in [1.165, 1.54) is 5.56 Å². The molecule has 1 unspecified atom stereocenters. The van der Waals surface area contributed by atoms with Crippen molar-refractivity contribution in [3.05, 3.63) is 223 Å². The molecule has 1 aliphatic carbocycles. The molecule has 0 radical (unpaired) electrons. The SMILES string of the molecule is C=C(C)c1ccccc1.C=C(c1ccccc1)c1oc2cc(-c3cc4c5ccccc5c5ccccc5c4cc3N3c4ccc(-c5c(O)c(O)c(O)c(O)c5O)cc4CC34C=CC(c3c(O)c(O)c(O)c(O)c3O)=CC4)ccc2c1C. The summed E-state index contributed by atoms with van der Waals surface area (Å²) < 4.78 is 6.70. The first kappa shape index (κ1) is 51.1. The van der Waals surface area contributed by atoms with Gasteiger partial charge in [0.25, 0.3) is 0 Å². The first-order valence-corrected chi connectivity index (χ1v) is 26.0. The zero-order valence-corrected chi connectivity index (χ0v) is 43.9. The Hall–Kier alpha value is -10.7. The van der Waals surface area contributed by atoms with Crippen molar-refractivity contribution in [3.8, 4) is 79.7 Å². The maximum atomic E-state index is 11.1. The molecule has 0 saturated carbocycles. The van der Waals surface area contributed by atoms with Crippen LogP contribution in [0, 0.1) is 6.92 Å². The summed E-state index contributed by atoms with van der Waals surface area (Å²) >= 11 is 0. The molecule has 400 valence electrons. The molecular weight excluding hydrogens is 1020 g/mol. The molecule has 1 aromatic heterocycles. The van der Waals surface area contributed by atoms with E-state index in [0.29, 0.717) is 22.6 Å². The van der Waals surface area contributed by atoms with Crippen molar-refractivity contribution in [1.29, 1.82) is 0 Å². The topological polar surface area (TPSA) is 219 Å². The number of aromatic hydroxyl groups is 10. The van der Waals surface area contributed by atoms with Crippen LogP contribution >= 0.6 is 0 Å². The fourth-order valence-corrected chi connectivity index (χ4v) is 11.7. The third-order valence-electron chi connectivity index (χ3n) is 15.8. The summed E-state index contributed by atoms with van der Waals surface area (Å²) in [7, 11) is 0. The van der Waals surface area contributed by atoms with E-state index in [1.54, 1.807) is 24.3 Å². The van der Waals surface area contributed by atoms with Crippen molar-refractivity contribution in [2.75, 3.05) is 4.90 Å². The molecule has 0 fully saturated rings. The van der Waals surface area contributed by atoms with Crippen LogP contribution in [0.4, 0.5) is 11.4 Å². The van der Waals surface area contributed by atoms with E-state index in [2.05, 4.69) is 78.7 Å². The Morgan fingerprint density at radius 1 is 0.481 bits per heavy atom. The molecule has 2 heterocycles. The second-order valence-corrected chi connectivity index (χ2v) is 20.7. The Labute approximate surface area is 464 Å². The number of anilines is 2. The van der Waals surface area contributed by atoms with Crippen molar-refractivity contribution in [2.45, 2.75) is 32.2 Å². The molecular formula is C69H53NO11. The van der Waals surface area contributed by atoms with E-state index in [4.69, 9.17) is 4.42 Å². The van der Waals surface area contributed by atoms with Gasteiger partial charge in [-0.25, -0.2) is 0 Å². The maximum Gasteiger partial charge on any atom is 0.208 e. The van der Waals surface area contributed by atoms with Gasteiger partial charge >= 0.3 is 0 Å². The van der Waals surface area contributed by atoms with Crippen LogP contribution in [0.25, 0.3) is 82.3 Å². The zero-order chi connectivity index (χ0) is 56.8. The van der Waals surface area contributed by atoms with Gasteiger partial charge in [0.2, 0.25) is 34.5 Å². The minimum absolute atomic E-state index is 0.193. The molecule has 0 amide bonds. The number of hydrogen-bond acceptors (Lipinski definition) is 12. The highest BCUT2D eigenvalue weighted by molar-refractivity contribution is 6.27. The summed E-state index contributed by atoms with van der Waals surface area (Å²) in [6, 6.07) is 52.2. The predicted octanol–water partition coefficient (Wildman–Crippen LogP) is 15.8. The molecule has 12 nitrogen and oxygen atoms in total. The molecule has 10 N–H and O–H groups in total. The average Bonchev–Trinajstić information content (AvgIpc) is 3.89. The van der Waals surface area contributed by atoms with Crippen molar-refractivity contribution in [2.24, 2.45) is 0 Å². The van der Waals surface area contributed by atoms with E-state index in [-0.39, 0.29) is 35.1 Å². The molecule has 0 saturated heterocycles. The Balaban J connectivity index is 0.000000661. The fraction of sp³-hybridized carbons (Fsp3) is 0.0725. The smallest absolute Gasteiger partial charge is 0.208 e. The minimum Gasteiger partial charge on any atom is -0.504 e. The van der Waals surface area contributed by atoms with Gasteiger partial charge in [0, 0.05) is 34.2 Å². The number of benzene rings is 10. The van der Waals surface area contributed by atoms with Crippen molar-refractivity contribution >= 4 is 71.4 Å². The molecule has 1 spiro atoms. The number of phenolic OH excluding ortho intramolecular Hbond substituents is 10. The van der Waals surface area contributed by atoms with Crippen LogP contribution in [0.1, 0.15) is 46.9 Å². The van der Waals surface area contributed by atoms with E-state index in [1.807, 2.05) is 105 Å². The number of hydrogen-bond donors (Lipinski definition) is 10. The number of furan rings is 1. The number of aryl methyl sites for hydroxylation is 1. The molecule has 1 atom stereocenters. The number of nitrogens with zero attached hydrogens (tertiary/aromatic N) is 1. The molecule has 1 aliphatic heterocycles. The van der Waals surface area contributed by atoms with Crippen LogP contribution in [0.2, 0.25) is 0 Å². The van der Waals surface area contributed by atoms with Gasteiger partial charge in [-0.15, -0.1) is 0 Å². The van der Waals surface area contributed by atoms with Gasteiger partial charge in [0.1, 0.15) is 11.3 Å². The van der Waals surface area contributed by atoms with Gasteiger partial charge in [0.15, 0.2) is 23.0 Å². The number of phenols is 10. The van der Waals surface area contributed by atoms with Crippen LogP contribution in [0.3, 0.4) is 0 Å². The first-order chi connectivity index (χ1) is 39.0. The van der Waals surface area contributed by atoms with Gasteiger partial charge in [0.05, 0.1) is 22.4 Å². The van der Waals surface area contributed by atoms with Crippen LogP contribution in [0.5, 0.6) is 57.5 Å². The zero-order valence-electron chi connectivity index (χ0n) is 43.9. The third kappa shape index (κ3) is 8.14. The summed E-state index contributed by atoms with van der Waals surface area (Å²) in [6.45, 7) is 12.3. The lowest BCUT2D eigenvalue weighted by Gasteiger charge is -2.41. The molecule has 12 heteroatoms. The van der Waals surface area contributed by atoms with Gasteiger partial charge < -0.3 is 60.4 Å². The van der Waals surface area contributed by atoms with Crippen LogP contribution in [-0.4, -0.2) is 56.6 Å². The Kier molecular flexibility index (Phi) is 12.2. The normalized spacial score (nSPS) is 14.6. The highest BCUT2D eigenvalue weighted by atomic mass is 16.4. The van der Waals surface area contributed by atoms with Gasteiger partial charge in [-0.3, -0.25) is 0 Å². The lowest BCUT2D eigenvalue weighted by atomic mass is 9.82. The number of allylic oxidation sites excluding steroid dienone is 3. The summed E-state index contributed by atoms with van der Waals surface area (Å²) in [4.78, 5) is 2.20. The Morgan fingerprint density at radius 2 is 0.975 bits per heavy atom. The van der Waals surface area contributed by atoms with Crippen molar-refractivity contribution in [1.82, 2.24) is 0 Å². The Morgan fingerprint density at radius 3 is 1.51 bits per heavy atom. The highest BCUT2D eigenvalue weighted by Crippen LogP contribution is 2.59. The lowest BCUT2D eigenvalue weighted by Crippen LogP contribution is -2.42. The van der Waals surface area contributed by atoms with Crippen molar-refractivity contribution < 1.29 is 55.5 Å². The number of fused-ring (bicyclic) bond motifs is 8. The van der Waals surface area contributed by atoms with Crippen molar-refractivity contribution in [3.63, 3.8) is 0 Å². The van der Waals surface area contributed by atoms with Gasteiger partial charge in [-0.05, 0) is 116 Å². The fourth-order valence-electron chi connectivity index (χ4n) is 11.7. The molecule has 0 bridgehead atoms. The summed E-state index contributed by atoms with van der Waals surface area (Å²) in [6.07, 6.45) is 5.78. The molecule has 81 heavy (non-hydrogen) atoms. The third-order valence-corrected chi connectivity index (χ3v) is 15.8. The first-order valence-electron chi connectivity index (χ1n) is 26.0. The van der Waals surface area contributed by atoms with E-state index >= 15 is 0 Å². The van der Waals surface area contributed by atoms with Crippen LogP contribution in [-0.2, 0) is 6.42 Å². The monoisotopic (exact) mass is 1070 g/mol. The largest absolute Gasteiger partial charge is 0.504 e.